The van der Waals surface area contributed by atoms with Crippen LogP contribution in [0.5, 0.6) is 11.5 Å². The Kier molecular flexibility index (Phi) is 6.87. The summed E-state index contributed by atoms with van der Waals surface area (Å²) < 4.78 is 34.0. The number of amides is 2. The Bertz CT molecular complexity index is 826. The zero-order valence-electron chi connectivity index (χ0n) is 14.4. The molecule has 142 valence electrons. The van der Waals surface area contributed by atoms with Gasteiger partial charge in [0.25, 0.3) is 0 Å². The minimum atomic E-state index is -2.98. The van der Waals surface area contributed by atoms with Gasteiger partial charge in [-0.3, -0.25) is 9.59 Å². The molecule has 0 aliphatic heterocycles. The maximum absolute atomic E-state index is 12.3. The Hall–Kier alpha value is -3.42. The van der Waals surface area contributed by atoms with Gasteiger partial charge in [0, 0.05) is 6.08 Å². The van der Waals surface area contributed by atoms with E-state index in [1.54, 1.807) is 30.3 Å². The first-order valence-corrected chi connectivity index (χ1v) is 7.86. The summed E-state index contributed by atoms with van der Waals surface area (Å²) in [4.78, 5) is 23.7. The molecule has 0 fully saturated rings. The van der Waals surface area contributed by atoms with Crippen LogP contribution >= 0.6 is 0 Å². The van der Waals surface area contributed by atoms with Gasteiger partial charge in [-0.1, -0.05) is 36.4 Å². The van der Waals surface area contributed by atoms with Gasteiger partial charge in [-0.25, -0.2) is 0 Å². The molecule has 3 N–H and O–H groups in total. The molecule has 0 aliphatic carbocycles. The van der Waals surface area contributed by atoms with Crippen molar-refractivity contribution in [1.29, 1.82) is 0 Å². The van der Waals surface area contributed by atoms with Crippen molar-refractivity contribution < 1.29 is 27.8 Å². The lowest BCUT2D eigenvalue weighted by Gasteiger charge is -2.14. The zero-order chi connectivity index (χ0) is 19.8. The summed E-state index contributed by atoms with van der Waals surface area (Å²) in [6.45, 7) is -2.98. The van der Waals surface area contributed by atoms with Crippen molar-refractivity contribution in [3.8, 4) is 11.5 Å². The molecule has 2 amide bonds. The highest BCUT2D eigenvalue weighted by atomic mass is 19.3. The first kappa shape index (κ1) is 19.9. The maximum atomic E-state index is 12.3. The number of hydrogen-bond acceptors (Lipinski definition) is 4. The molecule has 2 aromatic rings. The van der Waals surface area contributed by atoms with Gasteiger partial charge < -0.3 is 20.5 Å². The number of benzene rings is 2. The van der Waals surface area contributed by atoms with E-state index >= 15 is 0 Å². The molecule has 0 heterocycles. The van der Waals surface area contributed by atoms with Crippen molar-refractivity contribution in [3.05, 3.63) is 65.7 Å². The first-order chi connectivity index (χ1) is 12.9. The molecule has 0 radical (unpaired) electrons. The Morgan fingerprint density at radius 3 is 2.41 bits per heavy atom. The average Bonchev–Trinajstić information content (AvgIpc) is 2.65. The van der Waals surface area contributed by atoms with Crippen molar-refractivity contribution in [2.75, 3.05) is 7.11 Å². The number of primary amides is 1. The monoisotopic (exact) mass is 376 g/mol. The van der Waals surface area contributed by atoms with Gasteiger partial charge in [0.1, 0.15) is 6.04 Å². The zero-order valence-corrected chi connectivity index (χ0v) is 14.4. The number of rotatable bonds is 8. The highest BCUT2D eigenvalue weighted by molar-refractivity contribution is 5.95. The van der Waals surface area contributed by atoms with Gasteiger partial charge in [-0.05, 0) is 29.3 Å². The van der Waals surface area contributed by atoms with Crippen LogP contribution in [-0.2, 0) is 9.59 Å². The van der Waals surface area contributed by atoms with Crippen molar-refractivity contribution >= 4 is 17.9 Å². The third kappa shape index (κ3) is 5.81. The Balaban J connectivity index is 2.10. The van der Waals surface area contributed by atoms with Crippen LogP contribution in [-0.4, -0.2) is 25.5 Å². The summed E-state index contributed by atoms with van der Waals surface area (Å²) in [5, 5.41) is 2.51. The van der Waals surface area contributed by atoms with E-state index in [9.17, 15) is 18.4 Å². The van der Waals surface area contributed by atoms with Crippen molar-refractivity contribution in [1.82, 2.24) is 5.32 Å². The van der Waals surface area contributed by atoms with E-state index in [4.69, 9.17) is 10.5 Å². The van der Waals surface area contributed by atoms with E-state index in [1.165, 1.54) is 37.5 Å². The van der Waals surface area contributed by atoms with Gasteiger partial charge in [-0.2, -0.15) is 8.78 Å². The molecule has 0 saturated heterocycles. The van der Waals surface area contributed by atoms with Crippen molar-refractivity contribution in [3.63, 3.8) is 0 Å². The quantitative estimate of drug-likeness (QED) is 0.693. The lowest BCUT2D eigenvalue weighted by molar-refractivity contribution is -0.125. The third-order valence-electron chi connectivity index (χ3n) is 3.53. The molecule has 0 saturated carbocycles. The second-order valence-corrected chi connectivity index (χ2v) is 5.38. The second kappa shape index (κ2) is 9.33. The van der Waals surface area contributed by atoms with Gasteiger partial charge in [0.05, 0.1) is 7.11 Å². The molecule has 8 heteroatoms. The lowest BCUT2D eigenvalue weighted by atomic mass is 10.1. The fourth-order valence-electron chi connectivity index (χ4n) is 2.31. The topological polar surface area (TPSA) is 90.6 Å². The summed E-state index contributed by atoms with van der Waals surface area (Å²) in [6.07, 6.45) is 2.63. The largest absolute Gasteiger partial charge is 0.493 e. The Morgan fingerprint density at radius 1 is 1.11 bits per heavy atom. The molecule has 0 spiro atoms. The lowest BCUT2D eigenvalue weighted by Crippen LogP contribution is -2.36. The molecule has 1 unspecified atom stereocenters. The van der Waals surface area contributed by atoms with Crippen molar-refractivity contribution in [2.24, 2.45) is 5.73 Å². The second-order valence-electron chi connectivity index (χ2n) is 5.38. The third-order valence-corrected chi connectivity index (χ3v) is 3.53. The molecule has 2 rings (SSSR count). The Labute approximate surface area is 154 Å². The van der Waals surface area contributed by atoms with E-state index < -0.39 is 24.5 Å². The first-order valence-electron chi connectivity index (χ1n) is 7.86. The van der Waals surface area contributed by atoms with E-state index in [-0.39, 0.29) is 11.5 Å². The van der Waals surface area contributed by atoms with Gasteiger partial charge >= 0.3 is 6.61 Å². The van der Waals surface area contributed by atoms with E-state index in [2.05, 4.69) is 10.1 Å². The van der Waals surface area contributed by atoms with Gasteiger partial charge in [-0.15, -0.1) is 0 Å². The van der Waals surface area contributed by atoms with Crippen LogP contribution in [0.2, 0.25) is 0 Å². The highest BCUT2D eigenvalue weighted by Crippen LogP contribution is 2.29. The number of methoxy groups -OCH3 is 1. The number of halogens is 2. The molecule has 0 aromatic heterocycles. The summed E-state index contributed by atoms with van der Waals surface area (Å²) in [6, 6.07) is 11.8. The van der Waals surface area contributed by atoms with E-state index in [1.807, 2.05) is 0 Å². The fraction of sp³-hybridized carbons (Fsp3) is 0.158. The molecule has 1 atom stereocenters. The number of carbonyl (C=O) groups excluding carboxylic acids is 2. The minimum absolute atomic E-state index is 0.0946. The predicted octanol–water partition coefficient (Wildman–Crippen LogP) is 2.65. The molecule has 2 aromatic carbocycles. The average molecular weight is 376 g/mol. The van der Waals surface area contributed by atoms with Crippen LogP contribution in [0.15, 0.2) is 54.6 Å². The number of nitrogens with two attached hydrogens (primary N) is 1. The van der Waals surface area contributed by atoms with Gasteiger partial charge in [0.2, 0.25) is 11.8 Å². The van der Waals surface area contributed by atoms with Crippen LogP contribution in [0.25, 0.3) is 6.08 Å². The summed E-state index contributed by atoms with van der Waals surface area (Å²) in [7, 11) is 1.31. The summed E-state index contributed by atoms with van der Waals surface area (Å²) in [5.74, 6) is -1.27. The van der Waals surface area contributed by atoms with E-state index in [0.29, 0.717) is 11.1 Å². The number of hydrogen-bond donors (Lipinski definition) is 2. The molecular weight excluding hydrogens is 358 g/mol. The van der Waals surface area contributed by atoms with Crippen LogP contribution < -0.4 is 20.5 Å². The Morgan fingerprint density at radius 2 is 1.81 bits per heavy atom. The highest BCUT2D eigenvalue weighted by Gasteiger charge is 2.18. The van der Waals surface area contributed by atoms with E-state index in [0.717, 1.165) is 0 Å². The van der Waals surface area contributed by atoms with Crippen LogP contribution in [0, 0.1) is 0 Å². The fourth-order valence-corrected chi connectivity index (χ4v) is 2.31. The van der Waals surface area contributed by atoms with Gasteiger partial charge in [0.15, 0.2) is 11.5 Å². The normalized spacial score (nSPS) is 12.0. The number of carbonyl (C=O) groups is 2. The standard InChI is InChI=1S/C19H18F2N2O4/c1-26-15-11-12(7-9-14(15)27-19(20)21)8-10-16(24)23-17(18(22)25)13-5-3-2-4-6-13/h2-11,17,19H,1H3,(H2,22,25)(H,23,24)/b10-8+. The summed E-state index contributed by atoms with van der Waals surface area (Å²) >= 11 is 0. The van der Waals surface area contributed by atoms with Crippen LogP contribution in [0.3, 0.4) is 0 Å². The van der Waals surface area contributed by atoms with Crippen LogP contribution in [0.4, 0.5) is 8.78 Å². The molecule has 6 nitrogen and oxygen atoms in total. The predicted molar refractivity (Wildman–Crippen MR) is 95.2 cm³/mol. The molecule has 0 aliphatic rings. The molecule has 27 heavy (non-hydrogen) atoms. The number of ether oxygens (including phenoxy) is 2. The smallest absolute Gasteiger partial charge is 0.387 e. The SMILES string of the molecule is COc1cc(/C=C/C(=O)NC(C(N)=O)c2ccccc2)ccc1OC(F)F. The van der Waals surface area contributed by atoms with Crippen molar-refractivity contribution in [2.45, 2.75) is 12.7 Å². The minimum Gasteiger partial charge on any atom is -0.493 e. The maximum Gasteiger partial charge on any atom is 0.387 e. The van der Waals surface area contributed by atoms with Crippen LogP contribution in [0.1, 0.15) is 17.2 Å². The number of nitrogens with one attached hydrogen (secondary N) is 1. The number of alkyl halides is 2. The molecular formula is C19H18F2N2O4. The molecule has 0 bridgehead atoms. The summed E-state index contributed by atoms with van der Waals surface area (Å²) in [5.41, 5.74) is 6.42.